The van der Waals surface area contributed by atoms with E-state index in [4.69, 9.17) is 4.74 Å². The lowest BCUT2D eigenvalue weighted by Gasteiger charge is -2.12. The van der Waals surface area contributed by atoms with Crippen LogP contribution in [0.1, 0.15) is 12.8 Å². The minimum absolute atomic E-state index is 0.0240. The van der Waals surface area contributed by atoms with E-state index in [2.05, 4.69) is 14.2 Å². The molecule has 1 aliphatic rings. The fourth-order valence-corrected chi connectivity index (χ4v) is 3.71. The van der Waals surface area contributed by atoms with Crippen LogP contribution in [0.5, 0.6) is 11.5 Å². The molecule has 1 fully saturated rings. The normalized spacial score (nSPS) is 14.7. The third-order valence-electron chi connectivity index (χ3n) is 5.10. The first-order chi connectivity index (χ1) is 15.2. The van der Waals surface area contributed by atoms with E-state index in [0.29, 0.717) is 40.5 Å². The predicted octanol–water partition coefficient (Wildman–Crippen LogP) is 4.59. The highest BCUT2D eigenvalue weighted by molar-refractivity contribution is 7.88. The molecule has 4 aromatic rings. The molecule has 11 heteroatoms. The maximum Gasteiger partial charge on any atom is 0.534 e. The molecule has 0 atom stereocenters. The second-order valence-corrected chi connectivity index (χ2v) is 9.04. The summed E-state index contributed by atoms with van der Waals surface area (Å²) in [5, 5.41) is 0.420. The Morgan fingerprint density at radius 1 is 1.09 bits per heavy atom. The number of hydrogen-bond acceptors (Lipinski definition) is 6. The minimum atomic E-state index is -5.83. The van der Waals surface area contributed by atoms with Crippen LogP contribution < -0.4 is 8.92 Å². The number of pyridine rings is 1. The highest BCUT2D eigenvalue weighted by Crippen LogP contribution is 2.33. The van der Waals surface area contributed by atoms with Gasteiger partial charge in [-0.2, -0.15) is 21.6 Å². The van der Waals surface area contributed by atoms with Gasteiger partial charge in [0.2, 0.25) is 0 Å². The van der Waals surface area contributed by atoms with E-state index in [1.807, 2.05) is 12.1 Å². The average molecular weight is 463 g/mol. The molecule has 166 valence electrons. The molecule has 2 aromatic heterocycles. The zero-order chi connectivity index (χ0) is 22.5. The zero-order valence-corrected chi connectivity index (χ0v) is 17.2. The molecular formula is C21H16F3N3O4S. The predicted molar refractivity (Wildman–Crippen MR) is 110 cm³/mol. The number of para-hydroxylation sites is 1. The molecular weight excluding hydrogens is 447 g/mol. The van der Waals surface area contributed by atoms with Crippen molar-refractivity contribution in [3.05, 3.63) is 54.9 Å². The van der Waals surface area contributed by atoms with Crippen molar-refractivity contribution in [3.8, 4) is 17.3 Å². The Kier molecular flexibility index (Phi) is 4.73. The summed E-state index contributed by atoms with van der Waals surface area (Å²) in [5.74, 6) is 1.14. The Morgan fingerprint density at radius 2 is 1.91 bits per heavy atom. The Balaban J connectivity index is 1.52. The largest absolute Gasteiger partial charge is 0.534 e. The smallest absolute Gasteiger partial charge is 0.493 e. The molecule has 32 heavy (non-hydrogen) atoms. The summed E-state index contributed by atoms with van der Waals surface area (Å²) in [5.41, 5.74) is -4.21. The van der Waals surface area contributed by atoms with Crippen molar-refractivity contribution in [1.29, 1.82) is 0 Å². The SMILES string of the molecule is O=S(=O)(Oc1cccc2ccc(-n3cnc4cc(OCC5CC5)ccc43)nc12)C(F)(F)F. The average Bonchev–Trinajstić information content (AvgIpc) is 3.48. The Labute approximate surface area is 180 Å². The third-order valence-corrected chi connectivity index (χ3v) is 6.07. The van der Waals surface area contributed by atoms with E-state index in [-0.39, 0.29) is 5.52 Å². The molecule has 0 radical (unpaired) electrons. The van der Waals surface area contributed by atoms with E-state index >= 15 is 0 Å². The van der Waals surface area contributed by atoms with E-state index in [9.17, 15) is 21.6 Å². The summed E-state index contributed by atoms with van der Waals surface area (Å²) in [7, 11) is -5.83. The Hall–Kier alpha value is -3.34. The van der Waals surface area contributed by atoms with Gasteiger partial charge in [-0.3, -0.25) is 4.57 Å². The van der Waals surface area contributed by atoms with Gasteiger partial charge >= 0.3 is 15.6 Å². The molecule has 0 bridgehead atoms. The fourth-order valence-electron chi connectivity index (χ4n) is 3.24. The van der Waals surface area contributed by atoms with Crippen LogP contribution in [0.15, 0.2) is 54.9 Å². The molecule has 7 nitrogen and oxygen atoms in total. The van der Waals surface area contributed by atoms with Crippen LogP contribution in [-0.4, -0.2) is 35.1 Å². The van der Waals surface area contributed by atoms with Crippen molar-refractivity contribution in [2.45, 2.75) is 18.3 Å². The van der Waals surface area contributed by atoms with Crippen LogP contribution >= 0.6 is 0 Å². The number of benzene rings is 2. The second-order valence-electron chi connectivity index (χ2n) is 7.50. The first-order valence-corrected chi connectivity index (χ1v) is 11.1. The fraction of sp³-hybridized carbons (Fsp3) is 0.238. The van der Waals surface area contributed by atoms with Crippen molar-refractivity contribution >= 4 is 32.1 Å². The number of halogens is 3. The number of aromatic nitrogens is 3. The lowest BCUT2D eigenvalue weighted by molar-refractivity contribution is -0.0499. The topological polar surface area (TPSA) is 83.3 Å². The Morgan fingerprint density at radius 3 is 2.66 bits per heavy atom. The van der Waals surface area contributed by atoms with Gasteiger partial charge in [-0.05, 0) is 49.1 Å². The third kappa shape index (κ3) is 3.83. The summed E-state index contributed by atoms with van der Waals surface area (Å²) in [6.45, 7) is 0.669. The minimum Gasteiger partial charge on any atom is -0.493 e. The maximum absolute atomic E-state index is 12.8. The number of alkyl halides is 3. The molecule has 1 saturated carbocycles. The van der Waals surface area contributed by atoms with Gasteiger partial charge in [-0.1, -0.05) is 12.1 Å². The van der Waals surface area contributed by atoms with Gasteiger partial charge < -0.3 is 8.92 Å². The number of imidazole rings is 1. The molecule has 0 spiro atoms. The molecule has 0 aliphatic heterocycles. The van der Waals surface area contributed by atoms with E-state index in [1.165, 1.54) is 25.2 Å². The van der Waals surface area contributed by atoms with Gasteiger partial charge in [-0.15, -0.1) is 0 Å². The molecule has 0 amide bonds. The number of fused-ring (bicyclic) bond motifs is 2. The standard InChI is InChI=1S/C21H16F3N3O4S/c22-21(23,24)32(28,29)31-18-3-1-2-14-6-9-19(26-20(14)18)27-12-25-16-10-15(7-8-17(16)27)30-11-13-4-5-13/h1-3,6-10,12-13H,4-5,11H2. The molecule has 5 rings (SSSR count). The van der Waals surface area contributed by atoms with Gasteiger partial charge in [0.25, 0.3) is 0 Å². The first kappa shape index (κ1) is 20.6. The van der Waals surface area contributed by atoms with Gasteiger partial charge in [-0.25, -0.2) is 9.97 Å². The molecule has 0 saturated heterocycles. The van der Waals surface area contributed by atoms with Crippen LogP contribution in [0, 0.1) is 5.92 Å². The van der Waals surface area contributed by atoms with E-state index < -0.39 is 21.4 Å². The molecule has 2 heterocycles. The number of rotatable bonds is 6. The van der Waals surface area contributed by atoms with Crippen LogP contribution in [0.4, 0.5) is 13.2 Å². The van der Waals surface area contributed by atoms with Crippen molar-refractivity contribution in [2.24, 2.45) is 5.92 Å². The lowest BCUT2D eigenvalue weighted by atomic mass is 10.2. The maximum atomic E-state index is 12.8. The molecule has 0 N–H and O–H groups in total. The van der Waals surface area contributed by atoms with E-state index in [0.717, 1.165) is 6.07 Å². The zero-order valence-electron chi connectivity index (χ0n) is 16.4. The number of nitrogens with zero attached hydrogens (tertiary/aromatic N) is 3. The van der Waals surface area contributed by atoms with Gasteiger partial charge in [0, 0.05) is 11.5 Å². The van der Waals surface area contributed by atoms with Gasteiger partial charge in [0.1, 0.15) is 23.4 Å². The van der Waals surface area contributed by atoms with Crippen molar-refractivity contribution in [3.63, 3.8) is 0 Å². The van der Waals surface area contributed by atoms with Crippen molar-refractivity contribution in [1.82, 2.24) is 14.5 Å². The summed E-state index contributed by atoms with van der Waals surface area (Å²) in [6, 6.07) is 12.8. The Bertz CT molecular complexity index is 1430. The lowest BCUT2D eigenvalue weighted by Crippen LogP contribution is -2.28. The molecule has 2 aromatic carbocycles. The highest BCUT2D eigenvalue weighted by Gasteiger charge is 2.48. The van der Waals surface area contributed by atoms with Crippen molar-refractivity contribution in [2.75, 3.05) is 6.61 Å². The van der Waals surface area contributed by atoms with Crippen LogP contribution in [0.25, 0.3) is 27.8 Å². The highest BCUT2D eigenvalue weighted by atomic mass is 32.2. The monoisotopic (exact) mass is 463 g/mol. The quantitative estimate of drug-likeness (QED) is 0.307. The summed E-state index contributed by atoms with van der Waals surface area (Å²) in [4.78, 5) is 8.72. The molecule has 1 aliphatic carbocycles. The second kappa shape index (κ2) is 7.37. The van der Waals surface area contributed by atoms with Gasteiger partial charge in [0.15, 0.2) is 5.75 Å². The first-order valence-electron chi connectivity index (χ1n) is 9.72. The summed E-state index contributed by atoms with van der Waals surface area (Å²) >= 11 is 0. The number of ether oxygens (including phenoxy) is 1. The van der Waals surface area contributed by atoms with Gasteiger partial charge in [0.05, 0.1) is 17.6 Å². The summed E-state index contributed by atoms with van der Waals surface area (Å²) < 4.78 is 73.1. The van der Waals surface area contributed by atoms with Crippen LogP contribution in [0.2, 0.25) is 0 Å². The molecule has 0 unspecified atom stereocenters. The number of hydrogen-bond donors (Lipinski definition) is 0. The van der Waals surface area contributed by atoms with Crippen molar-refractivity contribution < 1.29 is 30.5 Å². The van der Waals surface area contributed by atoms with Crippen LogP contribution in [0.3, 0.4) is 0 Å². The van der Waals surface area contributed by atoms with Crippen LogP contribution in [-0.2, 0) is 10.1 Å². The van der Waals surface area contributed by atoms with E-state index in [1.54, 1.807) is 28.8 Å². The summed E-state index contributed by atoms with van der Waals surface area (Å²) in [6.07, 6.45) is 3.89.